The van der Waals surface area contributed by atoms with E-state index in [0.29, 0.717) is 17.8 Å². The lowest BCUT2D eigenvalue weighted by Gasteiger charge is -2.23. The SMILES string of the molecule is CCN1CCCC1CNC(=O)c1ccn(C2CCCNC2)n1. The zero-order valence-electron chi connectivity index (χ0n) is 13.4. The van der Waals surface area contributed by atoms with Crippen molar-refractivity contribution in [2.45, 2.75) is 44.7 Å². The fourth-order valence-electron chi connectivity index (χ4n) is 3.57. The molecule has 2 fully saturated rings. The lowest BCUT2D eigenvalue weighted by molar-refractivity contribution is 0.0935. The van der Waals surface area contributed by atoms with E-state index in [1.54, 1.807) is 0 Å². The molecule has 2 aliphatic heterocycles. The van der Waals surface area contributed by atoms with E-state index in [1.807, 2.05) is 16.9 Å². The number of nitrogens with zero attached hydrogens (tertiary/aromatic N) is 3. The van der Waals surface area contributed by atoms with Crippen LogP contribution in [0.15, 0.2) is 12.3 Å². The normalized spacial score (nSPS) is 26.2. The number of aromatic nitrogens is 2. The molecule has 2 saturated heterocycles. The molecule has 0 aliphatic carbocycles. The van der Waals surface area contributed by atoms with Gasteiger partial charge in [0.05, 0.1) is 6.04 Å². The Morgan fingerprint density at radius 2 is 2.36 bits per heavy atom. The summed E-state index contributed by atoms with van der Waals surface area (Å²) >= 11 is 0. The summed E-state index contributed by atoms with van der Waals surface area (Å²) in [5, 5.41) is 10.9. The smallest absolute Gasteiger partial charge is 0.271 e. The van der Waals surface area contributed by atoms with Crippen molar-refractivity contribution in [3.63, 3.8) is 0 Å². The first-order valence-corrected chi connectivity index (χ1v) is 8.56. The minimum Gasteiger partial charge on any atom is -0.349 e. The van der Waals surface area contributed by atoms with Gasteiger partial charge >= 0.3 is 0 Å². The zero-order valence-corrected chi connectivity index (χ0v) is 13.4. The number of piperidine rings is 1. The fourth-order valence-corrected chi connectivity index (χ4v) is 3.57. The lowest BCUT2D eigenvalue weighted by atomic mass is 10.1. The van der Waals surface area contributed by atoms with E-state index >= 15 is 0 Å². The van der Waals surface area contributed by atoms with Gasteiger partial charge in [0, 0.05) is 25.3 Å². The molecule has 0 radical (unpaired) electrons. The maximum absolute atomic E-state index is 12.3. The summed E-state index contributed by atoms with van der Waals surface area (Å²) in [7, 11) is 0. The zero-order chi connectivity index (χ0) is 15.4. The summed E-state index contributed by atoms with van der Waals surface area (Å²) in [5.74, 6) is -0.0505. The van der Waals surface area contributed by atoms with Crippen LogP contribution in [0.25, 0.3) is 0 Å². The average molecular weight is 305 g/mol. The molecule has 1 amide bonds. The highest BCUT2D eigenvalue weighted by Crippen LogP contribution is 2.17. The molecule has 3 rings (SSSR count). The number of amides is 1. The Labute approximate surface area is 132 Å². The van der Waals surface area contributed by atoms with Crippen molar-refractivity contribution >= 4 is 5.91 Å². The first-order chi connectivity index (χ1) is 10.8. The second-order valence-corrected chi connectivity index (χ2v) is 6.32. The van der Waals surface area contributed by atoms with E-state index in [9.17, 15) is 4.79 Å². The third-order valence-corrected chi connectivity index (χ3v) is 4.89. The molecule has 22 heavy (non-hydrogen) atoms. The summed E-state index contributed by atoms with van der Waals surface area (Å²) < 4.78 is 1.94. The number of carbonyl (C=O) groups is 1. The summed E-state index contributed by atoms with van der Waals surface area (Å²) in [6, 6.07) is 2.69. The molecular formula is C16H27N5O. The molecule has 3 heterocycles. The van der Waals surface area contributed by atoms with Gasteiger partial charge in [-0.1, -0.05) is 6.92 Å². The van der Waals surface area contributed by atoms with Crippen LogP contribution in [0.3, 0.4) is 0 Å². The molecule has 2 N–H and O–H groups in total. The summed E-state index contributed by atoms with van der Waals surface area (Å²) in [6.45, 7) is 7.14. The Morgan fingerprint density at radius 1 is 1.45 bits per heavy atom. The summed E-state index contributed by atoms with van der Waals surface area (Å²) in [5.41, 5.74) is 0.534. The molecule has 1 aromatic rings. The number of hydrogen-bond donors (Lipinski definition) is 2. The second kappa shape index (κ2) is 7.24. The van der Waals surface area contributed by atoms with Crippen molar-refractivity contribution in [2.75, 3.05) is 32.7 Å². The molecular weight excluding hydrogens is 278 g/mol. The van der Waals surface area contributed by atoms with E-state index in [-0.39, 0.29) is 5.91 Å². The number of likely N-dealkylation sites (tertiary alicyclic amines) is 1. The quantitative estimate of drug-likeness (QED) is 0.853. The number of likely N-dealkylation sites (N-methyl/N-ethyl adjacent to an activating group) is 1. The van der Waals surface area contributed by atoms with Crippen LogP contribution in [0.4, 0.5) is 0 Å². The maximum atomic E-state index is 12.3. The highest BCUT2D eigenvalue weighted by Gasteiger charge is 2.24. The lowest BCUT2D eigenvalue weighted by Crippen LogP contribution is -2.40. The molecule has 6 heteroatoms. The first kappa shape index (κ1) is 15.5. The van der Waals surface area contributed by atoms with Gasteiger partial charge in [0.2, 0.25) is 0 Å². The predicted molar refractivity (Wildman–Crippen MR) is 86.0 cm³/mol. The van der Waals surface area contributed by atoms with Gasteiger partial charge in [-0.25, -0.2) is 0 Å². The molecule has 122 valence electrons. The number of nitrogens with one attached hydrogen (secondary N) is 2. The molecule has 0 spiro atoms. The Kier molecular flexibility index (Phi) is 5.10. The van der Waals surface area contributed by atoms with Crippen LogP contribution in [-0.2, 0) is 0 Å². The van der Waals surface area contributed by atoms with Crippen molar-refractivity contribution in [1.82, 2.24) is 25.3 Å². The van der Waals surface area contributed by atoms with E-state index in [2.05, 4.69) is 27.6 Å². The Hall–Kier alpha value is -1.40. The van der Waals surface area contributed by atoms with Crippen molar-refractivity contribution < 1.29 is 4.79 Å². The Balaban J connectivity index is 1.53. The predicted octanol–water partition coefficient (Wildman–Crippen LogP) is 1.02. The minimum absolute atomic E-state index is 0.0505. The van der Waals surface area contributed by atoms with Gasteiger partial charge in [-0.05, 0) is 51.4 Å². The molecule has 2 aliphatic rings. The van der Waals surface area contributed by atoms with E-state index < -0.39 is 0 Å². The van der Waals surface area contributed by atoms with Crippen molar-refractivity contribution in [2.24, 2.45) is 0 Å². The average Bonchev–Trinajstić information content (AvgIpc) is 3.22. The highest BCUT2D eigenvalue weighted by atomic mass is 16.1. The molecule has 2 unspecified atom stereocenters. The first-order valence-electron chi connectivity index (χ1n) is 8.56. The van der Waals surface area contributed by atoms with Gasteiger partial charge < -0.3 is 10.6 Å². The Bertz CT molecular complexity index is 494. The van der Waals surface area contributed by atoms with Crippen LogP contribution in [0.5, 0.6) is 0 Å². The maximum Gasteiger partial charge on any atom is 0.271 e. The van der Waals surface area contributed by atoms with Gasteiger partial charge in [-0.15, -0.1) is 0 Å². The van der Waals surface area contributed by atoms with E-state index in [4.69, 9.17) is 0 Å². The third kappa shape index (κ3) is 3.50. The Morgan fingerprint density at radius 3 is 3.14 bits per heavy atom. The van der Waals surface area contributed by atoms with Crippen LogP contribution in [-0.4, -0.2) is 59.4 Å². The molecule has 0 bridgehead atoms. The van der Waals surface area contributed by atoms with Crippen LogP contribution in [0.1, 0.15) is 49.1 Å². The topological polar surface area (TPSA) is 62.2 Å². The molecule has 2 atom stereocenters. The monoisotopic (exact) mass is 305 g/mol. The van der Waals surface area contributed by atoms with Gasteiger partial charge in [-0.3, -0.25) is 14.4 Å². The largest absolute Gasteiger partial charge is 0.349 e. The minimum atomic E-state index is -0.0505. The van der Waals surface area contributed by atoms with Crippen molar-refractivity contribution in [3.05, 3.63) is 18.0 Å². The van der Waals surface area contributed by atoms with E-state index in [0.717, 1.165) is 39.1 Å². The number of carbonyl (C=O) groups excluding carboxylic acids is 1. The standard InChI is InChI=1S/C16H27N5O/c1-2-20-9-4-6-13(20)12-18-16(22)15-7-10-21(19-15)14-5-3-8-17-11-14/h7,10,13-14,17H,2-6,8-9,11-12H2,1H3,(H,18,22). The van der Waals surface area contributed by atoms with Crippen LogP contribution < -0.4 is 10.6 Å². The van der Waals surface area contributed by atoms with Gasteiger partial charge in [0.25, 0.3) is 5.91 Å². The molecule has 1 aromatic heterocycles. The van der Waals surface area contributed by atoms with E-state index in [1.165, 1.54) is 19.3 Å². The van der Waals surface area contributed by atoms with Crippen LogP contribution >= 0.6 is 0 Å². The second-order valence-electron chi connectivity index (χ2n) is 6.32. The van der Waals surface area contributed by atoms with Gasteiger partial charge in [0.15, 0.2) is 0 Å². The summed E-state index contributed by atoms with van der Waals surface area (Å²) in [6.07, 6.45) is 6.64. The van der Waals surface area contributed by atoms with Crippen LogP contribution in [0, 0.1) is 0 Å². The van der Waals surface area contributed by atoms with Crippen molar-refractivity contribution in [1.29, 1.82) is 0 Å². The number of hydrogen-bond acceptors (Lipinski definition) is 4. The highest BCUT2D eigenvalue weighted by molar-refractivity contribution is 5.92. The molecule has 0 aromatic carbocycles. The third-order valence-electron chi connectivity index (χ3n) is 4.89. The van der Waals surface area contributed by atoms with Gasteiger partial charge in [-0.2, -0.15) is 5.10 Å². The van der Waals surface area contributed by atoms with Crippen molar-refractivity contribution in [3.8, 4) is 0 Å². The number of rotatable bonds is 5. The summed E-state index contributed by atoms with van der Waals surface area (Å²) in [4.78, 5) is 14.7. The molecule has 6 nitrogen and oxygen atoms in total. The van der Waals surface area contributed by atoms with Crippen LogP contribution in [0.2, 0.25) is 0 Å². The molecule has 0 saturated carbocycles. The fraction of sp³-hybridized carbons (Fsp3) is 0.750. The van der Waals surface area contributed by atoms with Gasteiger partial charge in [0.1, 0.15) is 5.69 Å².